The summed E-state index contributed by atoms with van der Waals surface area (Å²) in [7, 11) is 0. The second kappa shape index (κ2) is 13.4. The van der Waals surface area contributed by atoms with Crippen molar-refractivity contribution < 1.29 is 0 Å². The number of aromatic nitrogens is 4. The zero-order chi connectivity index (χ0) is 35.8. The zero-order valence-electron chi connectivity index (χ0n) is 29.3. The van der Waals surface area contributed by atoms with Gasteiger partial charge in [0, 0.05) is 40.0 Å². The molecular weight excluding hydrogens is 657 g/mol. The summed E-state index contributed by atoms with van der Waals surface area (Å²) in [4.78, 5) is 19.8. The van der Waals surface area contributed by atoms with Crippen molar-refractivity contribution in [3.63, 3.8) is 0 Å². The molecule has 54 heavy (non-hydrogen) atoms. The number of hydrogen-bond donors (Lipinski definition) is 0. The summed E-state index contributed by atoms with van der Waals surface area (Å²) in [5.74, 6) is 0.641. The Bertz CT molecular complexity index is 2940. The van der Waals surface area contributed by atoms with Crippen LogP contribution in [0.3, 0.4) is 0 Å². The number of para-hydroxylation sites is 1. The number of fused-ring (bicyclic) bond motifs is 3. The van der Waals surface area contributed by atoms with Crippen LogP contribution in [0, 0.1) is 0 Å². The predicted octanol–water partition coefficient (Wildman–Crippen LogP) is 12.7. The van der Waals surface area contributed by atoms with E-state index >= 15 is 0 Å². The highest BCUT2D eigenvalue weighted by molar-refractivity contribution is 6.21. The fourth-order valence-electron chi connectivity index (χ4n) is 7.62. The Kier molecular flexibility index (Phi) is 7.77. The lowest BCUT2D eigenvalue weighted by Crippen LogP contribution is -1.97. The molecule has 4 heteroatoms. The summed E-state index contributed by atoms with van der Waals surface area (Å²) in [5.41, 5.74) is 12.2. The summed E-state index contributed by atoms with van der Waals surface area (Å²) >= 11 is 0. The highest BCUT2D eigenvalue weighted by atomic mass is 14.9. The first-order valence-electron chi connectivity index (χ1n) is 18.1. The monoisotopic (exact) mass is 688 g/mol. The first kappa shape index (κ1) is 31.4. The van der Waals surface area contributed by atoms with E-state index in [-0.39, 0.29) is 0 Å². The first-order chi connectivity index (χ1) is 26.8. The van der Waals surface area contributed by atoms with Crippen LogP contribution in [0.5, 0.6) is 0 Å². The zero-order valence-corrected chi connectivity index (χ0v) is 29.3. The minimum Gasteiger partial charge on any atom is -0.256 e. The van der Waals surface area contributed by atoms with Crippen LogP contribution in [0.4, 0.5) is 0 Å². The molecular formula is C50H32N4. The topological polar surface area (TPSA) is 51.6 Å². The Morgan fingerprint density at radius 3 is 1.56 bits per heavy atom. The van der Waals surface area contributed by atoms with E-state index in [1.165, 1.54) is 38.2 Å². The maximum Gasteiger partial charge on any atom is 0.160 e. The van der Waals surface area contributed by atoms with Crippen LogP contribution in [0.2, 0.25) is 0 Å². The van der Waals surface area contributed by atoms with Crippen molar-refractivity contribution in [1.82, 2.24) is 19.9 Å². The standard InChI is InChI=1S/C50H32N4/c1-2-14-33(15-3-1)48-40-21-5-7-23-42(40)49(43-24-8-6-22-41(43)48)37-19-12-18-36(28-37)46-31-47(39-30-34-16-4-9-25-45(34)52-32-39)54-50(53-46)38-20-13-17-35(29-38)44-26-10-11-27-51-44/h1-32H. The Hall–Kier alpha value is -7.30. The van der Waals surface area contributed by atoms with Gasteiger partial charge in [-0.05, 0) is 86.3 Å². The molecule has 3 aromatic heterocycles. The molecule has 10 rings (SSSR count). The fraction of sp³-hybridized carbons (Fsp3) is 0. The van der Waals surface area contributed by atoms with Gasteiger partial charge in [-0.2, -0.15) is 0 Å². The first-order valence-corrected chi connectivity index (χ1v) is 18.1. The van der Waals surface area contributed by atoms with Crippen molar-refractivity contribution in [2.24, 2.45) is 0 Å². The SMILES string of the molecule is c1ccc(-c2c3ccccc3c(-c3cccc(-c4cc(-c5cnc6ccccc6c5)nc(-c5cccc(-c6ccccn6)c5)n4)c3)c3ccccc23)cc1. The molecule has 0 amide bonds. The van der Waals surface area contributed by atoms with E-state index in [0.717, 1.165) is 55.8 Å². The molecule has 0 atom stereocenters. The molecule has 10 aromatic rings. The van der Waals surface area contributed by atoms with Gasteiger partial charge in [0.2, 0.25) is 0 Å². The van der Waals surface area contributed by atoms with E-state index in [4.69, 9.17) is 15.0 Å². The normalized spacial score (nSPS) is 11.3. The van der Waals surface area contributed by atoms with Crippen molar-refractivity contribution in [2.45, 2.75) is 0 Å². The second-order valence-corrected chi connectivity index (χ2v) is 13.5. The second-order valence-electron chi connectivity index (χ2n) is 13.5. The lowest BCUT2D eigenvalue weighted by Gasteiger charge is -2.18. The van der Waals surface area contributed by atoms with Gasteiger partial charge in [0.1, 0.15) is 0 Å². The van der Waals surface area contributed by atoms with Crippen LogP contribution >= 0.6 is 0 Å². The van der Waals surface area contributed by atoms with Crippen LogP contribution in [0.1, 0.15) is 0 Å². The highest BCUT2D eigenvalue weighted by Crippen LogP contribution is 2.44. The van der Waals surface area contributed by atoms with Crippen molar-refractivity contribution in [2.75, 3.05) is 0 Å². The Labute approximate surface area is 313 Å². The average molecular weight is 689 g/mol. The number of benzene rings is 7. The van der Waals surface area contributed by atoms with Gasteiger partial charge >= 0.3 is 0 Å². The van der Waals surface area contributed by atoms with Crippen LogP contribution < -0.4 is 0 Å². The van der Waals surface area contributed by atoms with Crippen molar-refractivity contribution in [3.05, 3.63) is 194 Å². The summed E-state index contributed by atoms with van der Waals surface area (Å²) in [5, 5.41) is 5.94. The van der Waals surface area contributed by atoms with Gasteiger partial charge in [0.25, 0.3) is 0 Å². The van der Waals surface area contributed by atoms with Gasteiger partial charge in [0.15, 0.2) is 5.82 Å². The maximum atomic E-state index is 5.26. The lowest BCUT2D eigenvalue weighted by atomic mass is 9.85. The minimum absolute atomic E-state index is 0.641. The summed E-state index contributed by atoms with van der Waals surface area (Å²) in [6, 6.07) is 63.7. The third-order valence-corrected chi connectivity index (χ3v) is 10.1. The molecule has 0 saturated heterocycles. The van der Waals surface area contributed by atoms with Crippen LogP contribution in [-0.4, -0.2) is 19.9 Å². The fourth-order valence-corrected chi connectivity index (χ4v) is 7.62. The summed E-state index contributed by atoms with van der Waals surface area (Å²) in [6.07, 6.45) is 3.73. The highest BCUT2D eigenvalue weighted by Gasteiger charge is 2.18. The predicted molar refractivity (Wildman–Crippen MR) is 223 cm³/mol. The van der Waals surface area contributed by atoms with Crippen molar-refractivity contribution >= 4 is 32.4 Å². The largest absolute Gasteiger partial charge is 0.256 e. The van der Waals surface area contributed by atoms with Gasteiger partial charge in [-0.15, -0.1) is 0 Å². The molecule has 0 saturated carbocycles. The van der Waals surface area contributed by atoms with E-state index in [0.29, 0.717) is 5.82 Å². The Balaban J connectivity index is 1.18. The van der Waals surface area contributed by atoms with Gasteiger partial charge < -0.3 is 0 Å². The molecule has 0 bridgehead atoms. The van der Waals surface area contributed by atoms with Crippen molar-refractivity contribution in [1.29, 1.82) is 0 Å². The van der Waals surface area contributed by atoms with E-state index in [9.17, 15) is 0 Å². The number of nitrogens with zero attached hydrogens (tertiary/aromatic N) is 4. The van der Waals surface area contributed by atoms with Gasteiger partial charge in [-0.1, -0.05) is 140 Å². The third-order valence-electron chi connectivity index (χ3n) is 10.1. The van der Waals surface area contributed by atoms with Gasteiger partial charge in [-0.25, -0.2) is 9.97 Å². The molecule has 0 spiro atoms. The lowest BCUT2D eigenvalue weighted by molar-refractivity contribution is 1.18. The maximum absolute atomic E-state index is 5.26. The van der Waals surface area contributed by atoms with E-state index in [1.54, 1.807) is 0 Å². The van der Waals surface area contributed by atoms with E-state index in [1.807, 2.05) is 54.9 Å². The molecule has 0 radical (unpaired) electrons. The van der Waals surface area contributed by atoms with Gasteiger partial charge in [-0.3, -0.25) is 9.97 Å². The third kappa shape index (κ3) is 5.67. The molecule has 252 valence electrons. The Morgan fingerprint density at radius 2 is 0.852 bits per heavy atom. The number of rotatable bonds is 6. The number of pyridine rings is 2. The minimum atomic E-state index is 0.641. The molecule has 3 heterocycles. The quantitative estimate of drug-likeness (QED) is 0.163. The summed E-state index contributed by atoms with van der Waals surface area (Å²) in [6.45, 7) is 0. The molecule has 0 aliphatic carbocycles. The molecule has 0 fully saturated rings. The van der Waals surface area contributed by atoms with Crippen LogP contribution in [0.15, 0.2) is 194 Å². The molecule has 0 aliphatic heterocycles. The molecule has 4 nitrogen and oxygen atoms in total. The van der Waals surface area contributed by atoms with Crippen LogP contribution in [-0.2, 0) is 0 Å². The summed E-state index contributed by atoms with van der Waals surface area (Å²) < 4.78 is 0. The molecule has 7 aromatic carbocycles. The smallest absolute Gasteiger partial charge is 0.160 e. The van der Waals surface area contributed by atoms with Crippen LogP contribution in [0.25, 0.3) is 99.9 Å². The Morgan fingerprint density at radius 1 is 0.315 bits per heavy atom. The van der Waals surface area contributed by atoms with Gasteiger partial charge in [0.05, 0.1) is 22.6 Å². The van der Waals surface area contributed by atoms with E-state index in [2.05, 4.69) is 145 Å². The molecule has 0 N–H and O–H groups in total. The van der Waals surface area contributed by atoms with E-state index < -0.39 is 0 Å². The van der Waals surface area contributed by atoms with Crippen molar-refractivity contribution in [3.8, 4) is 67.4 Å². The molecule has 0 aliphatic rings. The average Bonchev–Trinajstić information content (AvgIpc) is 3.26. The molecule has 0 unspecified atom stereocenters. The number of hydrogen-bond acceptors (Lipinski definition) is 4.